The highest BCUT2D eigenvalue weighted by Crippen LogP contribution is 2.45. The van der Waals surface area contributed by atoms with Crippen LogP contribution in [0.25, 0.3) is 0 Å². The zero-order chi connectivity index (χ0) is 22.8. The summed E-state index contributed by atoms with van der Waals surface area (Å²) in [6.07, 6.45) is 1.44. The highest BCUT2D eigenvalue weighted by atomic mass is 35.5. The molecule has 1 amide bonds. The molecule has 3 rings (SSSR count). The zero-order valence-electron chi connectivity index (χ0n) is 16.8. The average molecular weight is 464 g/mol. The van der Waals surface area contributed by atoms with Crippen molar-refractivity contribution in [1.29, 1.82) is 5.26 Å². The standard InChI is InChI=1S/C21H20Cl2FN5O2/c1-3-14-11(2)31-20(26)29-21(14,10-24)15-7-13(4-5-16(15)22)28-19(30)18-17(23)6-12(8-25)9-27-18/h4-7,9,11,14H,3,10H2,1-2H3,(H2,26,29)(H,28,30). The van der Waals surface area contributed by atoms with Crippen LogP contribution in [0.15, 0.2) is 35.5 Å². The maximum atomic E-state index is 14.5. The number of aliphatic imine (C=N–C) groups is 1. The second-order valence-electron chi connectivity index (χ2n) is 7.16. The number of nitrogens with zero attached hydrogens (tertiary/aromatic N) is 3. The summed E-state index contributed by atoms with van der Waals surface area (Å²) < 4.78 is 20.0. The van der Waals surface area contributed by atoms with Gasteiger partial charge in [0.05, 0.1) is 10.6 Å². The lowest BCUT2D eigenvalue weighted by atomic mass is 9.74. The fourth-order valence-corrected chi connectivity index (χ4v) is 4.42. The summed E-state index contributed by atoms with van der Waals surface area (Å²) in [7, 11) is 0. The number of amidine groups is 1. The lowest BCUT2D eigenvalue weighted by Gasteiger charge is -2.42. The number of carbonyl (C=O) groups is 1. The van der Waals surface area contributed by atoms with Crippen LogP contribution in [0.3, 0.4) is 0 Å². The Labute approximate surface area is 189 Å². The predicted molar refractivity (Wildman–Crippen MR) is 117 cm³/mol. The van der Waals surface area contributed by atoms with Gasteiger partial charge in [-0.3, -0.25) is 4.79 Å². The summed E-state index contributed by atoms with van der Waals surface area (Å²) in [6, 6.07) is 7.82. The molecule has 0 saturated heterocycles. The van der Waals surface area contributed by atoms with E-state index in [1.165, 1.54) is 12.3 Å². The maximum absolute atomic E-state index is 14.5. The smallest absolute Gasteiger partial charge is 0.283 e. The minimum absolute atomic E-state index is 0.0349. The third kappa shape index (κ3) is 4.29. The van der Waals surface area contributed by atoms with Crippen molar-refractivity contribution in [2.45, 2.75) is 31.9 Å². The third-order valence-electron chi connectivity index (χ3n) is 5.32. The van der Waals surface area contributed by atoms with E-state index < -0.39 is 18.1 Å². The van der Waals surface area contributed by atoms with Gasteiger partial charge in [-0.15, -0.1) is 0 Å². The van der Waals surface area contributed by atoms with Gasteiger partial charge in [-0.25, -0.2) is 14.4 Å². The molecule has 1 aliphatic rings. The third-order valence-corrected chi connectivity index (χ3v) is 5.93. The molecule has 1 aromatic heterocycles. The minimum Gasteiger partial charge on any atom is -0.462 e. The Bertz CT molecular complexity index is 1090. The van der Waals surface area contributed by atoms with Crippen molar-refractivity contribution < 1.29 is 13.9 Å². The fraction of sp³-hybridized carbons (Fsp3) is 0.333. The Balaban J connectivity index is 2.01. The van der Waals surface area contributed by atoms with Gasteiger partial charge >= 0.3 is 0 Å². The lowest BCUT2D eigenvalue weighted by Crippen LogP contribution is -2.49. The molecule has 162 valence electrons. The van der Waals surface area contributed by atoms with Crippen LogP contribution in [0, 0.1) is 17.2 Å². The van der Waals surface area contributed by atoms with Gasteiger partial charge in [0.15, 0.2) is 0 Å². The number of ether oxygens (including phenoxy) is 1. The van der Waals surface area contributed by atoms with Crippen molar-refractivity contribution in [2.75, 3.05) is 12.0 Å². The lowest BCUT2D eigenvalue weighted by molar-refractivity contribution is 0.0381. The van der Waals surface area contributed by atoms with E-state index in [-0.39, 0.29) is 39.3 Å². The van der Waals surface area contributed by atoms with Crippen LogP contribution in [0.1, 0.15) is 41.9 Å². The van der Waals surface area contributed by atoms with Crippen molar-refractivity contribution in [3.05, 3.63) is 57.3 Å². The monoisotopic (exact) mass is 463 g/mol. The first-order valence-corrected chi connectivity index (χ1v) is 10.3. The molecular formula is C21H20Cl2FN5O2. The summed E-state index contributed by atoms with van der Waals surface area (Å²) in [5.74, 6) is -0.921. The molecule has 0 fully saturated rings. The first kappa shape index (κ1) is 22.8. The molecule has 0 aliphatic carbocycles. The molecule has 0 saturated carbocycles. The van der Waals surface area contributed by atoms with Crippen LogP contribution >= 0.6 is 23.2 Å². The number of rotatable bonds is 5. The van der Waals surface area contributed by atoms with Gasteiger partial charge in [-0.1, -0.05) is 30.1 Å². The number of nitriles is 1. The molecule has 0 bridgehead atoms. The van der Waals surface area contributed by atoms with E-state index in [1.54, 1.807) is 25.1 Å². The number of anilines is 1. The van der Waals surface area contributed by atoms with Crippen molar-refractivity contribution in [1.82, 2.24) is 4.98 Å². The molecule has 31 heavy (non-hydrogen) atoms. The second-order valence-corrected chi connectivity index (χ2v) is 7.98. The molecule has 2 aromatic rings. The number of alkyl halides is 1. The average Bonchev–Trinajstić information content (AvgIpc) is 2.74. The van der Waals surface area contributed by atoms with Gasteiger partial charge in [0.25, 0.3) is 11.9 Å². The van der Waals surface area contributed by atoms with Crippen LogP contribution in [0.2, 0.25) is 10.0 Å². The number of amides is 1. The van der Waals surface area contributed by atoms with Crippen LogP contribution in [-0.4, -0.2) is 29.7 Å². The van der Waals surface area contributed by atoms with Crippen molar-refractivity contribution >= 4 is 40.8 Å². The fourth-order valence-electron chi connectivity index (χ4n) is 3.89. The van der Waals surface area contributed by atoms with Crippen molar-refractivity contribution in [3.8, 4) is 6.07 Å². The van der Waals surface area contributed by atoms with Gasteiger partial charge in [0.1, 0.15) is 30.1 Å². The molecule has 2 heterocycles. The second kappa shape index (κ2) is 9.08. The quantitative estimate of drug-likeness (QED) is 0.680. The van der Waals surface area contributed by atoms with Gasteiger partial charge < -0.3 is 15.8 Å². The number of nitrogens with two attached hydrogens (primary N) is 1. The summed E-state index contributed by atoms with van der Waals surface area (Å²) >= 11 is 12.5. The SMILES string of the molecule is CCC1C(C)OC(N)=NC1(CF)c1cc(NC(=O)c2ncc(C#N)cc2Cl)ccc1Cl. The molecule has 1 aliphatic heterocycles. The highest BCUT2D eigenvalue weighted by molar-refractivity contribution is 6.34. The van der Waals surface area contributed by atoms with Crippen LogP contribution in [0.4, 0.5) is 10.1 Å². The number of pyridine rings is 1. The van der Waals surface area contributed by atoms with Gasteiger partial charge in [-0.05, 0) is 37.6 Å². The molecular weight excluding hydrogens is 444 g/mol. The summed E-state index contributed by atoms with van der Waals surface area (Å²) in [5.41, 5.74) is 5.39. The van der Waals surface area contributed by atoms with E-state index in [0.29, 0.717) is 17.7 Å². The zero-order valence-corrected chi connectivity index (χ0v) is 18.3. The molecule has 3 atom stereocenters. The van der Waals surface area contributed by atoms with E-state index in [4.69, 9.17) is 38.9 Å². The summed E-state index contributed by atoms with van der Waals surface area (Å²) in [6.45, 7) is 2.86. The molecule has 1 aromatic carbocycles. The Morgan fingerprint density at radius 1 is 1.39 bits per heavy atom. The summed E-state index contributed by atoms with van der Waals surface area (Å²) in [4.78, 5) is 20.9. The molecule has 10 heteroatoms. The molecule has 3 N–H and O–H groups in total. The summed E-state index contributed by atoms with van der Waals surface area (Å²) in [5, 5.41) is 11.9. The van der Waals surface area contributed by atoms with E-state index in [1.807, 2.05) is 13.0 Å². The van der Waals surface area contributed by atoms with E-state index in [2.05, 4.69) is 15.3 Å². The maximum Gasteiger partial charge on any atom is 0.283 e. The van der Waals surface area contributed by atoms with Crippen LogP contribution in [-0.2, 0) is 10.3 Å². The topological polar surface area (TPSA) is 113 Å². The largest absolute Gasteiger partial charge is 0.462 e. The predicted octanol–water partition coefficient (Wildman–Crippen LogP) is 4.44. The Morgan fingerprint density at radius 2 is 2.13 bits per heavy atom. The molecule has 7 nitrogen and oxygen atoms in total. The first-order chi connectivity index (χ1) is 14.7. The van der Waals surface area contributed by atoms with Crippen LogP contribution < -0.4 is 11.1 Å². The normalized spacial score (nSPS) is 22.8. The number of aromatic nitrogens is 1. The number of halogens is 3. The van der Waals surface area contributed by atoms with Gasteiger partial charge in [0, 0.05) is 28.4 Å². The minimum atomic E-state index is -1.35. The Hall–Kier alpha value is -2.89. The van der Waals surface area contributed by atoms with E-state index in [0.717, 1.165) is 0 Å². The van der Waals surface area contributed by atoms with Crippen LogP contribution in [0.5, 0.6) is 0 Å². The number of hydrogen-bond donors (Lipinski definition) is 2. The van der Waals surface area contributed by atoms with Crippen molar-refractivity contribution in [3.63, 3.8) is 0 Å². The van der Waals surface area contributed by atoms with Crippen molar-refractivity contribution in [2.24, 2.45) is 16.6 Å². The molecule has 0 spiro atoms. The molecule has 3 unspecified atom stereocenters. The molecule has 0 radical (unpaired) electrons. The van der Waals surface area contributed by atoms with E-state index >= 15 is 0 Å². The number of hydrogen-bond acceptors (Lipinski definition) is 6. The highest BCUT2D eigenvalue weighted by Gasteiger charge is 2.48. The van der Waals surface area contributed by atoms with E-state index in [9.17, 15) is 9.18 Å². The number of carbonyl (C=O) groups excluding carboxylic acids is 1. The Morgan fingerprint density at radius 3 is 2.74 bits per heavy atom. The van der Waals surface area contributed by atoms with Gasteiger partial charge in [-0.2, -0.15) is 5.26 Å². The first-order valence-electron chi connectivity index (χ1n) is 9.50. The number of benzene rings is 1. The van der Waals surface area contributed by atoms with Gasteiger partial charge in [0.2, 0.25) is 0 Å². The Kier molecular flexibility index (Phi) is 6.68. The number of nitrogens with one attached hydrogen (secondary N) is 1.